The zero-order valence-corrected chi connectivity index (χ0v) is 10.6. The van der Waals surface area contributed by atoms with Crippen LogP contribution >= 0.6 is 0 Å². The van der Waals surface area contributed by atoms with Gasteiger partial charge in [0, 0.05) is 18.8 Å². The molecule has 0 aromatic heterocycles. The highest BCUT2D eigenvalue weighted by molar-refractivity contribution is 5.88. The first-order valence-electron chi connectivity index (χ1n) is 6.95. The van der Waals surface area contributed by atoms with E-state index in [9.17, 15) is 4.79 Å². The number of nitrogens with one attached hydrogen (secondary N) is 2. The van der Waals surface area contributed by atoms with Gasteiger partial charge >= 0.3 is 0 Å². The summed E-state index contributed by atoms with van der Waals surface area (Å²) in [5, 5.41) is 6.43. The monoisotopic (exact) mass is 244 g/mol. The van der Waals surface area contributed by atoms with Crippen molar-refractivity contribution in [2.75, 3.05) is 18.4 Å². The minimum Gasteiger partial charge on any atom is -0.384 e. The largest absolute Gasteiger partial charge is 0.384 e. The van der Waals surface area contributed by atoms with Crippen LogP contribution in [0.25, 0.3) is 0 Å². The van der Waals surface area contributed by atoms with E-state index in [2.05, 4.69) is 16.7 Å². The average Bonchev–Trinajstić information content (AvgIpc) is 3.05. The number of hydrogen-bond donors (Lipinski definition) is 2. The highest BCUT2D eigenvalue weighted by Gasteiger charge is 2.28. The van der Waals surface area contributed by atoms with Crippen LogP contribution in [0.3, 0.4) is 0 Å². The lowest BCUT2D eigenvalue weighted by Crippen LogP contribution is -2.33. The molecule has 2 N–H and O–H groups in total. The van der Waals surface area contributed by atoms with Crippen LogP contribution in [-0.2, 0) is 4.79 Å². The van der Waals surface area contributed by atoms with E-state index in [1.807, 2.05) is 18.2 Å². The van der Waals surface area contributed by atoms with Crippen LogP contribution in [0.2, 0.25) is 0 Å². The third-order valence-corrected chi connectivity index (χ3v) is 4.19. The van der Waals surface area contributed by atoms with Gasteiger partial charge in [0.2, 0.25) is 5.91 Å². The molecule has 1 aliphatic carbocycles. The Morgan fingerprint density at radius 2 is 2.06 bits per heavy atom. The highest BCUT2D eigenvalue weighted by Crippen LogP contribution is 2.31. The number of rotatable bonds is 3. The number of anilines is 1. The van der Waals surface area contributed by atoms with Gasteiger partial charge in [-0.15, -0.1) is 0 Å². The molecule has 1 aromatic carbocycles. The molecule has 0 radical (unpaired) electrons. The molecular weight excluding hydrogens is 224 g/mol. The van der Waals surface area contributed by atoms with Crippen molar-refractivity contribution in [3.8, 4) is 0 Å². The van der Waals surface area contributed by atoms with E-state index in [1.165, 1.54) is 25.7 Å². The van der Waals surface area contributed by atoms with Crippen LogP contribution in [0.15, 0.2) is 24.3 Å². The van der Waals surface area contributed by atoms with Crippen molar-refractivity contribution in [3.63, 3.8) is 0 Å². The van der Waals surface area contributed by atoms with Crippen LogP contribution in [0, 0.1) is 5.92 Å². The second kappa shape index (κ2) is 5.01. The molecule has 1 unspecified atom stereocenters. The summed E-state index contributed by atoms with van der Waals surface area (Å²) in [7, 11) is 0. The topological polar surface area (TPSA) is 41.1 Å². The Morgan fingerprint density at radius 3 is 2.89 bits per heavy atom. The summed E-state index contributed by atoms with van der Waals surface area (Å²) in [6.07, 6.45) is 5.21. The van der Waals surface area contributed by atoms with Crippen LogP contribution in [-0.4, -0.2) is 19.0 Å². The van der Waals surface area contributed by atoms with Gasteiger partial charge in [0.25, 0.3) is 0 Å². The first-order valence-corrected chi connectivity index (χ1v) is 6.95. The fourth-order valence-electron chi connectivity index (χ4n) is 3.10. The van der Waals surface area contributed by atoms with Crippen LogP contribution < -0.4 is 10.6 Å². The van der Waals surface area contributed by atoms with E-state index < -0.39 is 0 Å². The highest BCUT2D eigenvalue weighted by atomic mass is 16.1. The van der Waals surface area contributed by atoms with Crippen LogP contribution in [0.5, 0.6) is 0 Å². The van der Waals surface area contributed by atoms with Gasteiger partial charge in [-0.1, -0.05) is 31.0 Å². The Labute approximate surface area is 108 Å². The summed E-state index contributed by atoms with van der Waals surface area (Å²) in [6.45, 7) is 1.59. The fourth-order valence-corrected chi connectivity index (χ4v) is 3.10. The Bertz CT molecular complexity index is 438. The lowest BCUT2D eigenvalue weighted by molar-refractivity contribution is -0.122. The molecule has 3 nitrogen and oxygen atoms in total. The molecule has 3 rings (SSSR count). The van der Waals surface area contributed by atoms with Crippen molar-refractivity contribution in [1.29, 1.82) is 0 Å². The van der Waals surface area contributed by atoms with E-state index in [0.29, 0.717) is 5.92 Å². The SMILES string of the molecule is O=C(NCC1CCCC1)C1CNc2ccccc21. The maximum absolute atomic E-state index is 12.2. The van der Waals surface area contributed by atoms with Gasteiger partial charge in [0.15, 0.2) is 0 Å². The molecule has 1 aliphatic heterocycles. The Balaban J connectivity index is 1.60. The second-order valence-electron chi connectivity index (χ2n) is 5.42. The third-order valence-electron chi connectivity index (χ3n) is 4.19. The minimum absolute atomic E-state index is 0.0115. The van der Waals surface area contributed by atoms with Crippen molar-refractivity contribution in [2.45, 2.75) is 31.6 Å². The molecule has 2 aliphatic rings. The lowest BCUT2D eigenvalue weighted by Gasteiger charge is -2.14. The number of carbonyl (C=O) groups excluding carboxylic acids is 1. The van der Waals surface area contributed by atoms with Crippen LogP contribution in [0.1, 0.15) is 37.2 Å². The predicted molar refractivity (Wildman–Crippen MR) is 72.6 cm³/mol. The maximum Gasteiger partial charge on any atom is 0.229 e. The molecule has 0 saturated heterocycles. The zero-order chi connectivity index (χ0) is 12.4. The zero-order valence-electron chi connectivity index (χ0n) is 10.6. The predicted octanol–water partition coefficient (Wildman–Crippen LogP) is 2.50. The molecular formula is C15H20N2O. The van der Waals surface area contributed by atoms with E-state index in [1.54, 1.807) is 0 Å². The molecule has 96 valence electrons. The molecule has 1 heterocycles. The van der Waals surface area contributed by atoms with Gasteiger partial charge < -0.3 is 10.6 Å². The number of amides is 1. The van der Waals surface area contributed by atoms with Crippen LogP contribution in [0.4, 0.5) is 5.69 Å². The van der Waals surface area contributed by atoms with Crippen molar-refractivity contribution >= 4 is 11.6 Å². The van der Waals surface area contributed by atoms with E-state index in [-0.39, 0.29) is 11.8 Å². The van der Waals surface area contributed by atoms with Gasteiger partial charge in [-0.2, -0.15) is 0 Å². The molecule has 0 bridgehead atoms. The number of benzene rings is 1. The smallest absolute Gasteiger partial charge is 0.229 e. The van der Waals surface area contributed by atoms with Crippen molar-refractivity contribution < 1.29 is 4.79 Å². The Hall–Kier alpha value is -1.51. The number of para-hydroxylation sites is 1. The molecule has 1 aromatic rings. The molecule has 1 atom stereocenters. The summed E-state index contributed by atoms with van der Waals surface area (Å²) in [5.41, 5.74) is 2.25. The number of fused-ring (bicyclic) bond motifs is 1. The molecule has 3 heteroatoms. The Morgan fingerprint density at radius 1 is 1.28 bits per heavy atom. The molecule has 0 spiro atoms. The summed E-state index contributed by atoms with van der Waals surface area (Å²) in [6, 6.07) is 8.10. The summed E-state index contributed by atoms with van der Waals surface area (Å²) in [5.74, 6) is 0.875. The third kappa shape index (κ3) is 2.22. The van der Waals surface area contributed by atoms with Gasteiger partial charge in [-0.25, -0.2) is 0 Å². The summed E-state index contributed by atoms with van der Waals surface area (Å²) >= 11 is 0. The minimum atomic E-state index is -0.0115. The number of hydrogen-bond acceptors (Lipinski definition) is 2. The van der Waals surface area contributed by atoms with Gasteiger partial charge in [0.1, 0.15) is 0 Å². The average molecular weight is 244 g/mol. The van der Waals surface area contributed by atoms with Crippen molar-refractivity contribution in [3.05, 3.63) is 29.8 Å². The van der Waals surface area contributed by atoms with E-state index in [4.69, 9.17) is 0 Å². The normalized spacial score (nSPS) is 22.6. The maximum atomic E-state index is 12.2. The second-order valence-corrected chi connectivity index (χ2v) is 5.42. The van der Waals surface area contributed by atoms with Crippen molar-refractivity contribution in [2.24, 2.45) is 5.92 Å². The molecule has 1 amide bonds. The molecule has 1 fully saturated rings. The number of carbonyl (C=O) groups is 1. The summed E-state index contributed by atoms with van der Waals surface area (Å²) in [4.78, 5) is 12.2. The van der Waals surface area contributed by atoms with E-state index >= 15 is 0 Å². The van der Waals surface area contributed by atoms with Gasteiger partial charge in [-0.05, 0) is 30.4 Å². The molecule has 1 saturated carbocycles. The van der Waals surface area contributed by atoms with Crippen molar-refractivity contribution in [1.82, 2.24) is 5.32 Å². The van der Waals surface area contributed by atoms with Gasteiger partial charge in [0.05, 0.1) is 5.92 Å². The lowest BCUT2D eigenvalue weighted by atomic mass is 10.00. The molecule has 18 heavy (non-hydrogen) atoms. The first-order chi connectivity index (χ1) is 8.84. The Kier molecular flexibility index (Phi) is 3.22. The quantitative estimate of drug-likeness (QED) is 0.857. The standard InChI is InChI=1S/C15H20N2O/c18-15(17-9-11-5-1-2-6-11)13-10-16-14-8-4-3-7-12(13)14/h3-4,7-8,11,13,16H,1-2,5-6,9-10H2,(H,17,18). The van der Waals surface area contributed by atoms with E-state index in [0.717, 1.165) is 24.3 Å². The summed E-state index contributed by atoms with van der Waals surface area (Å²) < 4.78 is 0. The van der Waals surface area contributed by atoms with Gasteiger partial charge in [-0.3, -0.25) is 4.79 Å². The first kappa shape index (κ1) is 11.6. The fraction of sp³-hybridized carbons (Fsp3) is 0.533.